The summed E-state index contributed by atoms with van der Waals surface area (Å²) in [5.41, 5.74) is 0. The molecule has 5 heteroatoms. The second-order valence-electron chi connectivity index (χ2n) is 2.99. The highest BCUT2D eigenvalue weighted by Crippen LogP contribution is 2.11. The van der Waals surface area contributed by atoms with Crippen LogP contribution in [0.1, 0.15) is 12.8 Å². The Balaban J connectivity index is 2.81. The van der Waals surface area contributed by atoms with Gasteiger partial charge in [0.2, 0.25) is 0 Å². The molecule has 0 saturated heterocycles. The Morgan fingerprint density at radius 1 is 0.533 bits per heavy atom. The Hall–Kier alpha value is 1.75. The minimum absolute atomic E-state index is 1.01. The van der Waals surface area contributed by atoms with Crippen LogP contribution in [-0.4, -0.2) is 46.0 Å². The lowest BCUT2D eigenvalue weighted by molar-refractivity contribution is 0.910. The highest BCUT2D eigenvalue weighted by Gasteiger charge is 1.92. The van der Waals surface area contributed by atoms with Gasteiger partial charge in [-0.05, 0) is 30.1 Å². The molecule has 0 aromatic rings. The van der Waals surface area contributed by atoms with E-state index >= 15 is 0 Å². The minimum Gasteiger partial charge on any atom is -0.179 e. The van der Waals surface area contributed by atoms with Gasteiger partial charge in [0.15, 0.2) is 0 Å². The fraction of sp³-hybridized carbons (Fsp3) is 1.00. The van der Waals surface area contributed by atoms with Crippen LogP contribution in [0.25, 0.3) is 0 Å². The second kappa shape index (κ2) is 15.8. The zero-order chi connectivity index (χ0) is 11.2. The van der Waals surface area contributed by atoms with Crippen molar-refractivity contribution in [3.8, 4) is 0 Å². The molecule has 0 nitrogen and oxygen atoms in total. The van der Waals surface area contributed by atoms with E-state index in [0.29, 0.717) is 0 Å². The van der Waals surface area contributed by atoms with E-state index in [4.69, 9.17) is 0 Å². The van der Waals surface area contributed by atoms with Crippen molar-refractivity contribution < 1.29 is 0 Å². The first-order chi connectivity index (χ1) is 7.41. The van der Waals surface area contributed by atoms with E-state index in [1.165, 1.54) is 47.4 Å². The molecule has 0 aromatic carbocycles. The molecule has 0 bridgehead atoms. The summed E-state index contributed by atoms with van der Waals surface area (Å²) >= 11 is 14.6. The zero-order valence-electron chi connectivity index (χ0n) is 9.19. The molecule has 0 aliphatic rings. The van der Waals surface area contributed by atoms with E-state index in [0.717, 1.165) is 11.5 Å². The largest absolute Gasteiger partial charge is 0.179 e. The topological polar surface area (TPSA) is 0 Å². The first-order valence-corrected chi connectivity index (χ1v) is 10.1. The highest BCUT2D eigenvalue weighted by molar-refractivity contribution is 8.04. The molecule has 0 aliphatic carbocycles. The van der Waals surface area contributed by atoms with Crippen molar-refractivity contribution in [2.45, 2.75) is 12.8 Å². The van der Waals surface area contributed by atoms with Gasteiger partial charge >= 0.3 is 0 Å². The molecule has 0 rings (SSSR count). The Kier molecular flexibility index (Phi) is 17.6. The van der Waals surface area contributed by atoms with Crippen LogP contribution in [-0.2, 0) is 0 Å². The standard InChI is InChI=1S/C10H22S5/c11-3-1-2-5-13-7-9-15-10-8-14-6-4-12/h11-12H,1-10H2. The first kappa shape index (κ1) is 16.8. The Bertz CT molecular complexity index is 98.0. The molecule has 0 heterocycles. The van der Waals surface area contributed by atoms with Gasteiger partial charge in [-0.25, -0.2) is 0 Å². The molecule has 0 N–H and O–H groups in total. The number of unbranched alkanes of at least 4 members (excludes halogenated alkanes) is 1. The third-order valence-corrected chi connectivity index (χ3v) is 6.08. The van der Waals surface area contributed by atoms with Crippen LogP contribution in [0.5, 0.6) is 0 Å². The summed E-state index contributed by atoms with van der Waals surface area (Å²) < 4.78 is 0. The molecular formula is C10H22S5. The van der Waals surface area contributed by atoms with Gasteiger partial charge in [-0.2, -0.15) is 60.5 Å². The average Bonchev–Trinajstić information content (AvgIpc) is 2.26. The molecule has 15 heavy (non-hydrogen) atoms. The summed E-state index contributed by atoms with van der Waals surface area (Å²) in [6.07, 6.45) is 2.60. The molecule has 0 unspecified atom stereocenters. The van der Waals surface area contributed by atoms with Gasteiger partial charge in [-0.1, -0.05) is 0 Å². The maximum atomic E-state index is 4.20. The third kappa shape index (κ3) is 15.8. The van der Waals surface area contributed by atoms with Crippen molar-refractivity contribution >= 4 is 60.5 Å². The van der Waals surface area contributed by atoms with Crippen LogP contribution in [0.3, 0.4) is 0 Å². The van der Waals surface area contributed by atoms with Crippen molar-refractivity contribution in [2.75, 3.05) is 46.0 Å². The van der Waals surface area contributed by atoms with Gasteiger partial charge in [0.25, 0.3) is 0 Å². The molecule has 0 atom stereocenters. The third-order valence-electron chi connectivity index (χ3n) is 1.68. The zero-order valence-corrected chi connectivity index (χ0v) is 13.4. The van der Waals surface area contributed by atoms with Crippen LogP contribution in [0.15, 0.2) is 0 Å². The van der Waals surface area contributed by atoms with E-state index in [-0.39, 0.29) is 0 Å². The smallest absolute Gasteiger partial charge is 0.00238 e. The van der Waals surface area contributed by atoms with E-state index < -0.39 is 0 Å². The number of thiol groups is 2. The lowest BCUT2D eigenvalue weighted by Crippen LogP contribution is -1.92. The summed E-state index contributed by atoms with van der Waals surface area (Å²) in [5.74, 6) is 9.78. The van der Waals surface area contributed by atoms with Crippen LogP contribution in [0, 0.1) is 0 Å². The van der Waals surface area contributed by atoms with E-state index in [9.17, 15) is 0 Å². The number of rotatable bonds is 12. The predicted molar refractivity (Wildman–Crippen MR) is 88.9 cm³/mol. The summed E-state index contributed by atoms with van der Waals surface area (Å²) in [7, 11) is 0. The molecule has 0 aliphatic heterocycles. The summed E-state index contributed by atoms with van der Waals surface area (Å²) in [6, 6.07) is 0. The Morgan fingerprint density at radius 2 is 1.07 bits per heavy atom. The molecule has 0 spiro atoms. The van der Waals surface area contributed by atoms with Crippen LogP contribution >= 0.6 is 60.5 Å². The number of thioether (sulfide) groups is 3. The van der Waals surface area contributed by atoms with E-state index in [1.54, 1.807) is 0 Å². The lowest BCUT2D eigenvalue weighted by Gasteiger charge is -2.01. The summed E-state index contributed by atoms with van der Waals surface area (Å²) in [4.78, 5) is 0. The van der Waals surface area contributed by atoms with Gasteiger partial charge in [0.05, 0.1) is 0 Å². The van der Waals surface area contributed by atoms with Gasteiger partial charge in [0.1, 0.15) is 0 Å². The summed E-state index contributed by atoms with van der Waals surface area (Å²) in [5, 5.41) is 0. The van der Waals surface area contributed by atoms with Crippen LogP contribution < -0.4 is 0 Å². The van der Waals surface area contributed by atoms with E-state index in [1.807, 2.05) is 11.8 Å². The van der Waals surface area contributed by atoms with E-state index in [2.05, 4.69) is 48.8 Å². The normalized spacial score (nSPS) is 10.8. The first-order valence-electron chi connectivity index (χ1n) is 5.36. The average molecular weight is 303 g/mol. The highest BCUT2D eigenvalue weighted by atomic mass is 32.2. The van der Waals surface area contributed by atoms with Crippen molar-refractivity contribution in [3.05, 3.63) is 0 Å². The quantitative estimate of drug-likeness (QED) is 0.416. The number of hydrogen-bond donors (Lipinski definition) is 2. The molecule has 0 saturated carbocycles. The molecule has 0 amide bonds. The molecular weight excluding hydrogens is 280 g/mol. The molecule has 0 radical (unpaired) electrons. The molecule has 92 valence electrons. The molecule has 0 aromatic heterocycles. The van der Waals surface area contributed by atoms with Crippen LogP contribution in [0.2, 0.25) is 0 Å². The Morgan fingerprint density at radius 3 is 1.60 bits per heavy atom. The number of hydrogen-bond acceptors (Lipinski definition) is 5. The molecule has 0 fully saturated rings. The van der Waals surface area contributed by atoms with Crippen molar-refractivity contribution in [1.82, 2.24) is 0 Å². The van der Waals surface area contributed by atoms with Crippen molar-refractivity contribution in [2.24, 2.45) is 0 Å². The summed E-state index contributed by atoms with van der Waals surface area (Å²) in [6.45, 7) is 0. The minimum atomic E-state index is 1.01. The second-order valence-corrected chi connectivity index (χ2v) is 7.56. The Labute approximate surface area is 119 Å². The van der Waals surface area contributed by atoms with Crippen molar-refractivity contribution in [1.29, 1.82) is 0 Å². The predicted octanol–water partition coefficient (Wildman–Crippen LogP) is 3.83. The van der Waals surface area contributed by atoms with Gasteiger partial charge in [0, 0.05) is 28.8 Å². The SMILES string of the molecule is SCCCCSCCSCCSCCS. The van der Waals surface area contributed by atoms with Crippen LogP contribution in [0.4, 0.5) is 0 Å². The maximum Gasteiger partial charge on any atom is 0.00238 e. The van der Waals surface area contributed by atoms with Gasteiger partial charge < -0.3 is 0 Å². The van der Waals surface area contributed by atoms with Gasteiger partial charge in [-0.3, -0.25) is 0 Å². The maximum absolute atomic E-state index is 4.20. The van der Waals surface area contributed by atoms with Crippen molar-refractivity contribution in [3.63, 3.8) is 0 Å². The monoisotopic (exact) mass is 302 g/mol. The lowest BCUT2D eigenvalue weighted by atomic mass is 10.4. The van der Waals surface area contributed by atoms with Gasteiger partial charge in [-0.15, -0.1) is 0 Å². The fourth-order valence-electron chi connectivity index (χ4n) is 0.922. The fourth-order valence-corrected chi connectivity index (χ4v) is 4.57.